The fraction of sp³-hybridized carbons (Fsp3) is 0.316. The number of rotatable bonds is 7. The summed E-state index contributed by atoms with van der Waals surface area (Å²) >= 11 is 1.40. The van der Waals surface area contributed by atoms with E-state index in [-0.39, 0.29) is 24.2 Å². The lowest BCUT2D eigenvalue weighted by Gasteiger charge is -2.12. The second kappa shape index (κ2) is 8.30. The molecule has 2 amide bonds. The topological polar surface area (TPSA) is 93.0 Å². The maximum absolute atomic E-state index is 12.4. The summed E-state index contributed by atoms with van der Waals surface area (Å²) in [6, 6.07) is 11.8. The zero-order chi connectivity index (χ0) is 19.3. The van der Waals surface area contributed by atoms with Gasteiger partial charge in [0, 0.05) is 38.3 Å². The summed E-state index contributed by atoms with van der Waals surface area (Å²) < 4.78 is 1.75. The molecule has 1 atom stereocenters. The van der Waals surface area contributed by atoms with E-state index >= 15 is 0 Å². The summed E-state index contributed by atoms with van der Waals surface area (Å²) in [5.74, 6) is -0.571. The highest BCUT2D eigenvalue weighted by Crippen LogP contribution is 2.28. The lowest BCUT2D eigenvalue weighted by molar-refractivity contribution is -0.126. The summed E-state index contributed by atoms with van der Waals surface area (Å²) in [5.41, 5.74) is 1.15. The van der Waals surface area contributed by atoms with E-state index < -0.39 is 0 Å². The van der Waals surface area contributed by atoms with Crippen molar-refractivity contribution in [1.29, 1.82) is 0 Å². The van der Waals surface area contributed by atoms with Crippen molar-refractivity contribution in [2.24, 2.45) is 5.92 Å². The third kappa shape index (κ3) is 4.25. The molecule has 1 aliphatic heterocycles. The highest BCUT2D eigenvalue weighted by molar-refractivity contribution is 7.15. The fourth-order valence-electron chi connectivity index (χ4n) is 3.13. The molecule has 8 nitrogen and oxygen atoms in total. The molecule has 0 saturated carbocycles. The summed E-state index contributed by atoms with van der Waals surface area (Å²) in [6.45, 7) is 1.42. The quantitative estimate of drug-likeness (QED) is 0.653. The highest BCUT2D eigenvalue weighted by Gasteiger charge is 2.36. The Balaban J connectivity index is 1.32. The molecule has 3 heterocycles. The minimum atomic E-state index is -0.369. The first kappa shape index (κ1) is 18.3. The maximum Gasteiger partial charge on any atom is 0.229 e. The van der Waals surface area contributed by atoms with E-state index in [1.165, 1.54) is 11.3 Å². The molecule has 0 spiro atoms. The molecule has 9 heteroatoms. The van der Waals surface area contributed by atoms with Crippen LogP contribution >= 0.6 is 11.3 Å². The van der Waals surface area contributed by atoms with Crippen LogP contribution in [0.3, 0.4) is 0 Å². The molecule has 3 aromatic rings. The highest BCUT2D eigenvalue weighted by atomic mass is 32.1. The Morgan fingerprint density at radius 3 is 2.86 bits per heavy atom. The van der Waals surface area contributed by atoms with Crippen molar-refractivity contribution in [3.05, 3.63) is 59.4 Å². The van der Waals surface area contributed by atoms with Gasteiger partial charge in [-0.15, -0.1) is 10.2 Å². The zero-order valence-corrected chi connectivity index (χ0v) is 16.0. The Labute approximate surface area is 166 Å². The van der Waals surface area contributed by atoms with Crippen LogP contribution in [-0.2, 0) is 22.6 Å². The van der Waals surface area contributed by atoms with Gasteiger partial charge in [-0.2, -0.15) is 5.10 Å². The molecule has 144 valence electrons. The van der Waals surface area contributed by atoms with Gasteiger partial charge in [-0.1, -0.05) is 41.7 Å². The molecule has 1 aromatic carbocycles. The Kier molecular flexibility index (Phi) is 5.43. The number of amides is 2. The van der Waals surface area contributed by atoms with Gasteiger partial charge < -0.3 is 5.32 Å². The number of nitrogens with one attached hydrogen (secondary N) is 1. The van der Waals surface area contributed by atoms with Gasteiger partial charge in [-0.25, -0.2) is 0 Å². The second-order valence-corrected chi connectivity index (χ2v) is 7.65. The molecule has 0 radical (unpaired) electrons. The van der Waals surface area contributed by atoms with E-state index in [0.717, 1.165) is 10.6 Å². The first-order valence-electron chi connectivity index (χ1n) is 9.11. The van der Waals surface area contributed by atoms with Crippen LogP contribution in [0.1, 0.15) is 17.0 Å². The van der Waals surface area contributed by atoms with Gasteiger partial charge in [0.05, 0.1) is 12.5 Å². The van der Waals surface area contributed by atoms with Crippen molar-refractivity contribution >= 4 is 28.3 Å². The molecule has 1 aliphatic rings. The predicted octanol–water partition coefficient (Wildman–Crippen LogP) is 1.49. The summed E-state index contributed by atoms with van der Waals surface area (Å²) in [5, 5.41) is 16.8. The van der Waals surface area contributed by atoms with Gasteiger partial charge in [-0.05, 0) is 11.6 Å². The third-order valence-electron chi connectivity index (χ3n) is 4.58. The Bertz CT molecular complexity index is 941. The largest absolute Gasteiger partial charge is 0.354 e. The molecule has 1 unspecified atom stereocenters. The van der Waals surface area contributed by atoms with Gasteiger partial charge in [-0.3, -0.25) is 19.2 Å². The van der Waals surface area contributed by atoms with E-state index in [2.05, 4.69) is 20.6 Å². The number of nitrogens with zero attached hydrogens (tertiary/aromatic N) is 5. The van der Waals surface area contributed by atoms with Gasteiger partial charge in [0.2, 0.25) is 16.9 Å². The van der Waals surface area contributed by atoms with Crippen molar-refractivity contribution in [1.82, 2.24) is 25.3 Å². The van der Waals surface area contributed by atoms with Gasteiger partial charge in [0.15, 0.2) is 0 Å². The number of aromatic nitrogens is 4. The first-order chi connectivity index (χ1) is 13.7. The Morgan fingerprint density at radius 1 is 1.21 bits per heavy atom. The van der Waals surface area contributed by atoms with E-state index in [0.29, 0.717) is 31.2 Å². The molecule has 1 saturated heterocycles. The molecular formula is C19H20N6O2S. The van der Waals surface area contributed by atoms with Crippen molar-refractivity contribution < 1.29 is 9.59 Å². The number of hydrogen-bond acceptors (Lipinski definition) is 6. The molecule has 0 aliphatic carbocycles. The maximum atomic E-state index is 12.4. The SMILES string of the molecule is O=C(NCCn1cccn1)C1CC(=O)N(c2nnc(Cc3ccccc3)s2)C1. The van der Waals surface area contributed by atoms with E-state index in [1.54, 1.807) is 15.8 Å². The molecule has 4 rings (SSSR count). The van der Waals surface area contributed by atoms with Crippen LogP contribution in [0.25, 0.3) is 0 Å². The first-order valence-corrected chi connectivity index (χ1v) is 9.92. The van der Waals surface area contributed by atoms with Crippen LogP contribution in [0, 0.1) is 5.92 Å². The average Bonchev–Trinajstić information content (AvgIpc) is 3.44. The number of carbonyl (C=O) groups is 2. The van der Waals surface area contributed by atoms with Gasteiger partial charge >= 0.3 is 0 Å². The van der Waals surface area contributed by atoms with Gasteiger partial charge in [0.1, 0.15) is 5.01 Å². The standard InChI is InChI=1S/C19H20N6O2S/c26-17-12-15(18(27)20-8-10-24-9-4-7-21-24)13-25(17)19-23-22-16(28-19)11-14-5-2-1-3-6-14/h1-7,9,15H,8,10-13H2,(H,20,27). The fourth-order valence-corrected chi connectivity index (χ4v) is 4.03. The third-order valence-corrected chi connectivity index (χ3v) is 5.53. The van der Waals surface area contributed by atoms with Crippen molar-refractivity contribution in [3.8, 4) is 0 Å². The second-order valence-electron chi connectivity index (χ2n) is 6.61. The summed E-state index contributed by atoms with van der Waals surface area (Å²) in [4.78, 5) is 26.4. The molecule has 0 bridgehead atoms. The lowest BCUT2D eigenvalue weighted by atomic mass is 10.1. The van der Waals surface area contributed by atoms with Crippen LogP contribution < -0.4 is 10.2 Å². The zero-order valence-electron chi connectivity index (χ0n) is 15.2. The minimum Gasteiger partial charge on any atom is -0.354 e. The van der Waals surface area contributed by atoms with Crippen molar-refractivity contribution in [2.45, 2.75) is 19.4 Å². The normalized spacial score (nSPS) is 16.5. The van der Waals surface area contributed by atoms with E-state index in [4.69, 9.17) is 0 Å². The summed E-state index contributed by atoms with van der Waals surface area (Å²) in [6.07, 6.45) is 4.41. The molecule has 28 heavy (non-hydrogen) atoms. The van der Waals surface area contributed by atoms with Crippen molar-refractivity contribution in [3.63, 3.8) is 0 Å². The van der Waals surface area contributed by atoms with Crippen LogP contribution in [0.15, 0.2) is 48.8 Å². The van der Waals surface area contributed by atoms with E-state index in [1.807, 2.05) is 42.6 Å². The number of hydrogen-bond donors (Lipinski definition) is 1. The molecule has 2 aromatic heterocycles. The summed E-state index contributed by atoms with van der Waals surface area (Å²) in [7, 11) is 0. The number of benzene rings is 1. The molecule has 1 N–H and O–H groups in total. The Morgan fingerprint density at radius 2 is 2.07 bits per heavy atom. The van der Waals surface area contributed by atoms with Crippen molar-refractivity contribution in [2.75, 3.05) is 18.0 Å². The Hall–Kier alpha value is -3.07. The molecular weight excluding hydrogens is 376 g/mol. The number of anilines is 1. The lowest BCUT2D eigenvalue weighted by Crippen LogP contribution is -2.34. The minimum absolute atomic E-state index is 0.0883. The van der Waals surface area contributed by atoms with Crippen LogP contribution in [0.4, 0.5) is 5.13 Å². The average molecular weight is 396 g/mol. The van der Waals surface area contributed by atoms with Crippen LogP contribution in [0.5, 0.6) is 0 Å². The van der Waals surface area contributed by atoms with E-state index in [9.17, 15) is 9.59 Å². The van der Waals surface area contributed by atoms with Crippen LogP contribution in [0.2, 0.25) is 0 Å². The van der Waals surface area contributed by atoms with Gasteiger partial charge in [0.25, 0.3) is 0 Å². The van der Waals surface area contributed by atoms with Crippen LogP contribution in [-0.4, -0.2) is 44.9 Å². The number of carbonyl (C=O) groups excluding carboxylic acids is 2. The molecule has 1 fully saturated rings. The smallest absolute Gasteiger partial charge is 0.229 e. The predicted molar refractivity (Wildman–Crippen MR) is 105 cm³/mol. The monoisotopic (exact) mass is 396 g/mol.